The Kier molecular flexibility index (Phi) is 6.69. The fraction of sp³-hybridized carbons (Fsp3) is 0.818. The van der Waals surface area contributed by atoms with Gasteiger partial charge in [-0.25, -0.2) is 0 Å². The lowest BCUT2D eigenvalue weighted by Gasteiger charge is -2.30. The van der Waals surface area contributed by atoms with Gasteiger partial charge in [0.25, 0.3) is 0 Å². The molecule has 0 N–H and O–H groups in total. The van der Waals surface area contributed by atoms with Crippen LogP contribution in [0.25, 0.3) is 0 Å². The van der Waals surface area contributed by atoms with Gasteiger partial charge in [-0.15, -0.1) is 0 Å². The average Bonchev–Trinajstić information content (AvgIpc) is 2.06. The summed E-state index contributed by atoms with van der Waals surface area (Å²) < 4.78 is 5.16. The first-order valence-corrected chi connectivity index (χ1v) is 5.01. The van der Waals surface area contributed by atoms with Crippen molar-refractivity contribution in [3.63, 3.8) is 0 Å². The monoisotopic (exact) mass is 185 g/mol. The van der Waals surface area contributed by atoms with E-state index in [9.17, 15) is 0 Å². The maximum atomic E-state index is 5.16. The highest BCUT2D eigenvalue weighted by molar-refractivity contribution is 4.83. The number of nitrogens with zero attached hydrogens (tertiary/aromatic N) is 1. The Balaban J connectivity index is 4.13. The van der Waals surface area contributed by atoms with Gasteiger partial charge in [-0.3, -0.25) is 0 Å². The number of allylic oxidation sites excluding steroid dienone is 1. The van der Waals surface area contributed by atoms with Crippen LogP contribution < -0.4 is 0 Å². The normalized spacial score (nSPS) is 16.1. The second-order valence-corrected chi connectivity index (χ2v) is 3.56. The average molecular weight is 185 g/mol. The van der Waals surface area contributed by atoms with Crippen LogP contribution in [0.15, 0.2) is 12.3 Å². The van der Waals surface area contributed by atoms with E-state index in [4.69, 9.17) is 4.74 Å². The summed E-state index contributed by atoms with van der Waals surface area (Å²) in [7, 11) is 3.89. The molecule has 0 aliphatic rings. The van der Waals surface area contributed by atoms with Crippen molar-refractivity contribution in [2.24, 2.45) is 5.92 Å². The number of methoxy groups -OCH3 is 1. The highest BCUT2D eigenvalue weighted by Gasteiger charge is 2.17. The molecule has 2 atom stereocenters. The maximum Gasteiger partial charge on any atom is 0.0507 e. The Bertz CT molecular complexity index is 145. The molecule has 0 saturated heterocycles. The summed E-state index contributed by atoms with van der Waals surface area (Å²) in [5.74, 6) is 0.580. The maximum absolute atomic E-state index is 5.16. The van der Waals surface area contributed by atoms with Crippen LogP contribution in [0.2, 0.25) is 0 Å². The third-order valence-corrected chi connectivity index (χ3v) is 2.41. The summed E-state index contributed by atoms with van der Waals surface area (Å²) in [6.45, 7) is 7.33. The summed E-state index contributed by atoms with van der Waals surface area (Å²) in [5, 5.41) is 0. The Hall–Kier alpha value is -0.500. The van der Waals surface area contributed by atoms with E-state index < -0.39 is 0 Å². The zero-order valence-electron chi connectivity index (χ0n) is 9.58. The molecule has 78 valence electrons. The van der Waals surface area contributed by atoms with Gasteiger partial charge in [-0.05, 0) is 25.5 Å². The summed E-state index contributed by atoms with van der Waals surface area (Å²) in [6.07, 6.45) is 5.36. The van der Waals surface area contributed by atoms with E-state index in [2.05, 4.69) is 38.1 Å². The van der Waals surface area contributed by atoms with Crippen LogP contribution in [0.5, 0.6) is 0 Å². The molecule has 0 aliphatic carbocycles. The van der Waals surface area contributed by atoms with Crippen molar-refractivity contribution >= 4 is 0 Å². The van der Waals surface area contributed by atoms with E-state index in [1.165, 1.54) is 0 Å². The summed E-state index contributed by atoms with van der Waals surface area (Å²) in [6, 6.07) is 0.580. The van der Waals surface area contributed by atoms with Crippen LogP contribution in [-0.4, -0.2) is 31.7 Å². The van der Waals surface area contributed by atoms with Crippen molar-refractivity contribution in [2.75, 3.05) is 20.8 Å². The molecule has 0 rings (SSSR count). The lowest BCUT2D eigenvalue weighted by molar-refractivity contribution is 0.111. The van der Waals surface area contributed by atoms with Crippen LogP contribution in [0.1, 0.15) is 27.2 Å². The molecule has 2 nitrogen and oxygen atoms in total. The predicted octanol–water partition coefficient (Wildman–Crippen LogP) is 2.51. The van der Waals surface area contributed by atoms with Gasteiger partial charge >= 0.3 is 0 Å². The zero-order valence-corrected chi connectivity index (χ0v) is 9.58. The minimum atomic E-state index is 0.580. The predicted molar refractivity (Wildman–Crippen MR) is 57.7 cm³/mol. The Morgan fingerprint density at radius 3 is 2.46 bits per heavy atom. The van der Waals surface area contributed by atoms with Crippen molar-refractivity contribution in [1.29, 1.82) is 0 Å². The molecular formula is C11H23NO. The van der Waals surface area contributed by atoms with Gasteiger partial charge in [0.05, 0.1) is 6.61 Å². The first-order valence-electron chi connectivity index (χ1n) is 5.01. The van der Waals surface area contributed by atoms with E-state index in [0.717, 1.165) is 13.0 Å². The molecule has 0 amide bonds. The fourth-order valence-electron chi connectivity index (χ4n) is 1.81. The standard InChI is InChI=1S/C11H23NO/c1-6-8-12(4)11(7-2)10(3)9-13-5/h6,8,10-11H,7,9H2,1-5H3/b8-6-/t10?,11-/m0/s1. The van der Waals surface area contributed by atoms with Crippen LogP contribution in [0, 0.1) is 5.92 Å². The third kappa shape index (κ3) is 4.32. The molecule has 2 heteroatoms. The fourth-order valence-corrected chi connectivity index (χ4v) is 1.81. The summed E-state index contributed by atoms with van der Waals surface area (Å²) in [5.41, 5.74) is 0. The molecule has 0 spiro atoms. The van der Waals surface area contributed by atoms with E-state index >= 15 is 0 Å². The van der Waals surface area contributed by atoms with Crippen molar-refractivity contribution < 1.29 is 4.74 Å². The van der Waals surface area contributed by atoms with Crippen molar-refractivity contribution in [3.05, 3.63) is 12.3 Å². The summed E-state index contributed by atoms with van der Waals surface area (Å²) >= 11 is 0. The summed E-state index contributed by atoms with van der Waals surface area (Å²) in [4.78, 5) is 2.27. The minimum absolute atomic E-state index is 0.580. The molecule has 0 radical (unpaired) electrons. The second-order valence-electron chi connectivity index (χ2n) is 3.56. The van der Waals surface area contributed by atoms with Crippen molar-refractivity contribution in [1.82, 2.24) is 4.90 Å². The number of hydrogen-bond acceptors (Lipinski definition) is 2. The number of hydrogen-bond donors (Lipinski definition) is 0. The second kappa shape index (κ2) is 6.96. The van der Waals surface area contributed by atoms with Crippen molar-refractivity contribution in [3.8, 4) is 0 Å². The van der Waals surface area contributed by atoms with Gasteiger partial charge in [0.15, 0.2) is 0 Å². The van der Waals surface area contributed by atoms with E-state index in [1.54, 1.807) is 7.11 Å². The van der Waals surface area contributed by atoms with Gasteiger partial charge in [-0.2, -0.15) is 0 Å². The molecule has 0 heterocycles. The highest BCUT2D eigenvalue weighted by Crippen LogP contribution is 2.13. The molecule has 0 bridgehead atoms. The topological polar surface area (TPSA) is 12.5 Å². The van der Waals surface area contributed by atoms with Crippen LogP contribution in [0.4, 0.5) is 0 Å². The van der Waals surface area contributed by atoms with Gasteiger partial charge in [0.1, 0.15) is 0 Å². The first-order chi connectivity index (χ1) is 6.17. The largest absolute Gasteiger partial charge is 0.384 e. The molecule has 0 aliphatic heterocycles. The molecule has 0 aromatic rings. The smallest absolute Gasteiger partial charge is 0.0507 e. The lowest BCUT2D eigenvalue weighted by atomic mass is 9.99. The van der Waals surface area contributed by atoms with Gasteiger partial charge in [0.2, 0.25) is 0 Å². The molecular weight excluding hydrogens is 162 g/mol. The minimum Gasteiger partial charge on any atom is -0.384 e. The Morgan fingerprint density at radius 1 is 1.46 bits per heavy atom. The molecule has 13 heavy (non-hydrogen) atoms. The molecule has 1 unspecified atom stereocenters. The molecule has 0 aromatic heterocycles. The van der Waals surface area contributed by atoms with Gasteiger partial charge in [-0.1, -0.05) is 19.9 Å². The zero-order chi connectivity index (χ0) is 10.3. The molecule has 0 saturated carbocycles. The SMILES string of the molecule is C/C=C\N(C)[C@@H](CC)C(C)COC. The van der Waals surface area contributed by atoms with E-state index in [1.807, 2.05) is 6.92 Å². The molecule has 0 aromatic carbocycles. The number of rotatable bonds is 6. The third-order valence-electron chi connectivity index (χ3n) is 2.41. The Labute approximate surface area is 82.6 Å². The Morgan fingerprint density at radius 2 is 2.08 bits per heavy atom. The first kappa shape index (κ1) is 12.5. The van der Waals surface area contributed by atoms with E-state index in [-0.39, 0.29) is 0 Å². The molecule has 0 fully saturated rings. The van der Waals surface area contributed by atoms with Crippen LogP contribution in [-0.2, 0) is 4.74 Å². The quantitative estimate of drug-likeness (QED) is 0.630. The van der Waals surface area contributed by atoms with Crippen LogP contribution in [0.3, 0.4) is 0 Å². The van der Waals surface area contributed by atoms with Gasteiger partial charge < -0.3 is 9.64 Å². The van der Waals surface area contributed by atoms with E-state index in [0.29, 0.717) is 12.0 Å². The highest BCUT2D eigenvalue weighted by atomic mass is 16.5. The van der Waals surface area contributed by atoms with Crippen molar-refractivity contribution in [2.45, 2.75) is 33.2 Å². The number of ether oxygens (including phenoxy) is 1. The lowest BCUT2D eigenvalue weighted by Crippen LogP contribution is -2.34. The van der Waals surface area contributed by atoms with Crippen LogP contribution >= 0.6 is 0 Å². The van der Waals surface area contributed by atoms with Gasteiger partial charge in [0, 0.05) is 20.2 Å².